The maximum absolute atomic E-state index is 12.7. The van der Waals surface area contributed by atoms with Crippen LogP contribution in [-0.2, 0) is 14.3 Å². The number of hydrogen-bond acceptors (Lipinski definition) is 7. The van der Waals surface area contributed by atoms with Crippen molar-refractivity contribution < 1.29 is 14.3 Å². The molecule has 0 bridgehead atoms. The molecule has 3 rings (SSSR count). The molecule has 7 heteroatoms. The molecule has 0 spiro atoms. The van der Waals surface area contributed by atoms with Crippen LogP contribution in [0.1, 0.15) is 38.3 Å². The van der Waals surface area contributed by atoms with E-state index in [0.717, 1.165) is 18.4 Å². The molecule has 1 aromatic heterocycles. The number of anilines is 1. The first-order valence-corrected chi connectivity index (χ1v) is 9.83. The first-order chi connectivity index (χ1) is 13.7. The molecular formula is C21H26N4O3. The molecule has 0 aliphatic carbocycles. The molecular weight excluding hydrogens is 356 g/mol. The van der Waals surface area contributed by atoms with Crippen LogP contribution in [-0.4, -0.2) is 48.8 Å². The Balaban J connectivity index is 1.95. The van der Waals surface area contributed by atoms with Gasteiger partial charge < -0.3 is 14.4 Å². The van der Waals surface area contributed by atoms with Gasteiger partial charge in [0.25, 0.3) is 0 Å². The SMILES string of the molecule is CCC(CC)COC(=O)[C@@H](C#N)c1nc2ccccc2nc1N1CCOCC1. The second-order valence-corrected chi connectivity index (χ2v) is 6.90. The summed E-state index contributed by atoms with van der Waals surface area (Å²) >= 11 is 0. The lowest BCUT2D eigenvalue weighted by atomic mass is 10.0. The largest absolute Gasteiger partial charge is 0.464 e. The van der Waals surface area contributed by atoms with Crippen LogP contribution < -0.4 is 4.90 Å². The zero-order valence-corrected chi connectivity index (χ0v) is 16.4. The molecule has 28 heavy (non-hydrogen) atoms. The first kappa shape index (κ1) is 20.0. The molecule has 1 aliphatic rings. The molecule has 1 saturated heterocycles. The van der Waals surface area contributed by atoms with Crippen LogP contribution in [0, 0.1) is 17.2 Å². The smallest absolute Gasteiger partial charge is 0.329 e. The summed E-state index contributed by atoms with van der Waals surface area (Å²) < 4.78 is 10.9. The number of aromatic nitrogens is 2. The fourth-order valence-electron chi connectivity index (χ4n) is 3.24. The van der Waals surface area contributed by atoms with Gasteiger partial charge in [-0.1, -0.05) is 38.8 Å². The zero-order chi connectivity index (χ0) is 19.9. The van der Waals surface area contributed by atoms with Gasteiger partial charge in [0.15, 0.2) is 11.7 Å². The fourth-order valence-corrected chi connectivity index (χ4v) is 3.24. The number of rotatable bonds is 7. The lowest BCUT2D eigenvalue weighted by Gasteiger charge is -2.29. The summed E-state index contributed by atoms with van der Waals surface area (Å²) in [6.07, 6.45) is 1.85. The van der Waals surface area contributed by atoms with Gasteiger partial charge in [0.05, 0.1) is 36.9 Å². The normalized spacial score (nSPS) is 15.4. The Morgan fingerprint density at radius 2 is 1.86 bits per heavy atom. The summed E-state index contributed by atoms with van der Waals surface area (Å²) in [5.74, 6) is -0.810. The van der Waals surface area contributed by atoms with Crippen LogP contribution in [0.2, 0.25) is 0 Å². The van der Waals surface area contributed by atoms with E-state index in [1.165, 1.54) is 0 Å². The van der Waals surface area contributed by atoms with Crippen LogP contribution in [0.4, 0.5) is 5.82 Å². The van der Waals surface area contributed by atoms with Crippen molar-refractivity contribution in [3.63, 3.8) is 0 Å². The Labute approximate surface area is 165 Å². The number of esters is 1. The quantitative estimate of drug-likeness (QED) is 0.680. The van der Waals surface area contributed by atoms with E-state index < -0.39 is 11.9 Å². The van der Waals surface area contributed by atoms with E-state index in [2.05, 4.69) is 24.9 Å². The lowest BCUT2D eigenvalue weighted by molar-refractivity contribution is -0.145. The summed E-state index contributed by atoms with van der Waals surface area (Å²) in [5, 5.41) is 9.76. The molecule has 2 heterocycles. The average molecular weight is 382 g/mol. The van der Waals surface area contributed by atoms with E-state index in [0.29, 0.717) is 55.9 Å². The second-order valence-electron chi connectivity index (χ2n) is 6.90. The van der Waals surface area contributed by atoms with Crippen molar-refractivity contribution in [2.45, 2.75) is 32.6 Å². The Kier molecular flexibility index (Phi) is 6.77. The monoisotopic (exact) mass is 382 g/mol. The van der Waals surface area contributed by atoms with Crippen LogP contribution in [0.15, 0.2) is 24.3 Å². The number of nitrogens with zero attached hydrogens (tertiary/aromatic N) is 4. The second kappa shape index (κ2) is 9.47. The Hall–Kier alpha value is -2.72. The third-order valence-corrected chi connectivity index (χ3v) is 5.14. The van der Waals surface area contributed by atoms with Crippen LogP contribution >= 0.6 is 0 Å². The Morgan fingerprint density at radius 3 is 2.46 bits per heavy atom. The van der Waals surface area contributed by atoms with Crippen LogP contribution in [0.3, 0.4) is 0 Å². The molecule has 1 fully saturated rings. The van der Waals surface area contributed by atoms with E-state index in [1.54, 1.807) is 0 Å². The molecule has 0 radical (unpaired) electrons. The molecule has 1 atom stereocenters. The lowest BCUT2D eigenvalue weighted by Crippen LogP contribution is -2.38. The van der Waals surface area contributed by atoms with Crippen molar-refractivity contribution in [1.82, 2.24) is 9.97 Å². The molecule has 0 N–H and O–H groups in total. The molecule has 0 unspecified atom stereocenters. The van der Waals surface area contributed by atoms with Gasteiger partial charge >= 0.3 is 5.97 Å². The van der Waals surface area contributed by atoms with E-state index in [4.69, 9.17) is 14.5 Å². The standard InChI is InChI=1S/C21H26N4O3/c1-3-15(4-2)14-28-21(26)16(13-22)19-20(25-9-11-27-12-10-25)24-18-8-6-5-7-17(18)23-19/h5-8,15-16H,3-4,9-12,14H2,1-2H3/t16-/m0/s1. The first-order valence-electron chi connectivity index (χ1n) is 9.83. The number of hydrogen-bond donors (Lipinski definition) is 0. The zero-order valence-electron chi connectivity index (χ0n) is 16.4. The van der Waals surface area contributed by atoms with Crippen molar-refractivity contribution in [3.05, 3.63) is 30.0 Å². The van der Waals surface area contributed by atoms with E-state index >= 15 is 0 Å². The fraction of sp³-hybridized carbons (Fsp3) is 0.524. The number of para-hydroxylation sites is 2. The number of carbonyl (C=O) groups excluding carboxylic acids is 1. The predicted molar refractivity (Wildman–Crippen MR) is 106 cm³/mol. The van der Waals surface area contributed by atoms with Crippen molar-refractivity contribution in [1.29, 1.82) is 5.26 Å². The average Bonchev–Trinajstić information content (AvgIpc) is 2.75. The Bertz CT molecular complexity index is 854. The van der Waals surface area contributed by atoms with Gasteiger partial charge in [-0.05, 0) is 18.1 Å². The van der Waals surface area contributed by atoms with Gasteiger partial charge in [0.2, 0.25) is 0 Å². The highest BCUT2D eigenvalue weighted by atomic mass is 16.5. The summed E-state index contributed by atoms with van der Waals surface area (Å²) in [6, 6.07) is 9.55. The van der Waals surface area contributed by atoms with Gasteiger partial charge in [-0.3, -0.25) is 4.79 Å². The van der Waals surface area contributed by atoms with E-state index in [-0.39, 0.29) is 0 Å². The topological polar surface area (TPSA) is 88.3 Å². The molecule has 1 aliphatic heterocycles. The molecule has 2 aromatic rings. The van der Waals surface area contributed by atoms with E-state index in [1.807, 2.05) is 29.2 Å². The number of fused-ring (bicyclic) bond motifs is 1. The number of nitriles is 1. The number of morpholine rings is 1. The van der Waals surface area contributed by atoms with Crippen LogP contribution in [0.25, 0.3) is 11.0 Å². The molecule has 1 aromatic carbocycles. The van der Waals surface area contributed by atoms with Crippen molar-refractivity contribution in [3.8, 4) is 6.07 Å². The van der Waals surface area contributed by atoms with E-state index in [9.17, 15) is 10.1 Å². The van der Waals surface area contributed by atoms with Gasteiger partial charge in [-0.2, -0.15) is 5.26 Å². The number of benzene rings is 1. The Morgan fingerprint density at radius 1 is 1.21 bits per heavy atom. The molecule has 0 amide bonds. The summed E-state index contributed by atoms with van der Waals surface area (Å²) in [6.45, 7) is 6.87. The van der Waals surface area contributed by atoms with Gasteiger partial charge in [0.1, 0.15) is 5.69 Å². The molecule has 0 saturated carbocycles. The van der Waals surface area contributed by atoms with Crippen LogP contribution in [0.5, 0.6) is 0 Å². The predicted octanol–water partition coefficient (Wildman–Crippen LogP) is 3.05. The van der Waals surface area contributed by atoms with Gasteiger partial charge in [-0.15, -0.1) is 0 Å². The molecule has 148 valence electrons. The van der Waals surface area contributed by atoms with Crippen molar-refractivity contribution >= 4 is 22.8 Å². The highest BCUT2D eigenvalue weighted by Crippen LogP contribution is 2.28. The number of ether oxygens (including phenoxy) is 2. The minimum Gasteiger partial charge on any atom is -0.464 e. The third-order valence-electron chi connectivity index (χ3n) is 5.14. The highest BCUT2D eigenvalue weighted by Gasteiger charge is 2.31. The third kappa shape index (κ3) is 4.39. The minimum atomic E-state index is -1.11. The van der Waals surface area contributed by atoms with Gasteiger partial charge in [-0.25, -0.2) is 9.97 Å². The van der Waals surface area contributed by atoms with Crippen molar-refractivity contribution in [2.75, 3.05) is 37.8 Å². The summed E-state index contributed by atoms with van der Waals surface area (Å²) in [7, 11) is 0. The highest BCUT2D eigenvalue weighted by molar-refractivity contribution is 5.85. The number of carbonyl (C=O) groups is 1. The minimum absolute atomic E-state index is 0.296. The maximum atomic E-state index is 12.7. The maximum Gasteiger partial charge on any atom is 0.329 e. The molecule has 7 nitrogen and oxygen atoms in total. The summed E-state index contributed by atoms with van der Waals surface area (Å²) in [5.41, 5.74) is 1.75. The van der Waals surface area contributed by atoms with Gasteiger partial charge in [0, 0.05) is 13.1 Å². The summed E-state index contributed by atoms with van der Waals surface area (Å²) in [4.78, 5) is 24.1. The van der Waals surface area contributed by atoms with Crippen molar-refractivity contribution in [2.24, 2.45) is 5.92 Å².